The number of hydrogen-bond acceptors (Lipinski definition) is 2. The molecule has 4 heteroatoms. The summed E-state index contributed by atoms with van der Waals surface area (Å²) in [6, 6.07) is 3.22. The Hall–Kier alpha value is -0.730. The predicted molar refractivity (Wildman–Crippen MR) is 64.7 cm³/mol. The number of carbonyl (C=O) groups is 1. The summed E-state index contributed by atoms with van der Waals surface area (Å²) in [7, 11) is 0. The van der Waals surface area contributed by atoms with Crippen LogP contribution in [0, 0.1) is 5.92 Å². The van der Waals surface area contributed by atoms with Crippen LogP contribution in [-0.4, -0.2) is 12.4 Å². The summed E-state index contributed by atoms with van der Waals surface area (Å²) in [6.45, 7) is 2.37. The molecule has 2 rings (SSSR count). The smallest absolute Gasteiger partial charge is 0.169 e. The van der Waals surface area contributed by atoms with Gasteiger partial charge in [-0.2, -0.15) is 0 Å². The molecule has 0 aliphatic heterocycles. The lowest BCUT2D eigenvalue weighted by Crippen LogP contribution is -2.05. The molecule has 0 radical (unpaired) electrons. The molecule has 1 aromatic rings. The quantitative estimate of drug-likeness (QED) is 0.764. The first-order valence-electron chi connectivity index (χ1n) is 5.29. The van der Waals surface area contributed by atoms with E-state index in [0.717, 1.165) is 12.8 Å². The first-order chi connectivity index (χ1) is 7.63. The highest BCUT2D eigenvalue weighted by Gasteiger charge is 2.32. The van der Waals surface area contributed by atoms with Gasteiger partial charge in [0.1, 0.15) is 5.75 Å². The van der Waals surface area contributed by atoms with E-state index >= 15 is 0 Å². The van der Waals surface area contributed by atoms with E-state index in [-0.39, 0.29) is 11.7 Å². The Morgan fingerprint density at radius 1 is 1.38 bits per heavy atom. The average molecular weight is 259 g/mol. The van der Waals surface area contributed by atoms with Crippen molar-refractivity contribution in [2.75, 3.05) is 6.61 Å². The van der Waals surface area contributed by atoms with Crippen molar-refractivity contribution in [1.82, 2.24) is 0 Å². The van der Waals surface area contributed by atoms with Crippen molar-refractivity contribution in [2.24, 2.45) is 5.92 Å². The molecule has 0 bridgehead atoms. The molecule has 0 unspecified atom stereocenters. The van der Waals surface area contributed by atoms with Crippen LogP contribution in [0.2, 0.25) is 10.0 Å². The number of carbonyl (C=O) groups excluding carboxylic acids is 1. The molecule has 1 aliphatic carbocycles. The maximum absolute atomic E-state index is 12.0. The Bertz CT molecular complexity index is 425. The third kappa shape index (κ3) is 2.33. The van der Waals surface area contributed by atoms with E-state index < -0.39 is 0 Å². The number of benzene rings is 1. The molecule has 2 nitrogen and oxygen atoms in total. The van der Waals surface area contributed by atoms with Crippen LogP contribution in [0.3, 0.4) is 0 Å². The zero-order valence-corrected chi connectivity index (χ0v) is 10.4. The molecule has 0 aromatic heterocycles. The SMILES string of the molecule is CCOc1cc(Cl)c(Cl)cc1C(=O)C1CC1. The van der Waals surface area contributed by atoms with E-state index in [0.29, 0.717) is 28.0 Å². The van der Waals surface area contributed by atoms with E-state index in [1.807, 2.05) is 6.92 Å². The first kappa shape index (κ1) is 11.7. The van der Waals surface area contributed by atoms with Gasteiger partial charge in [-0.3, -0.25) is 4.79 Å². The topological polar surface area (TPSA) is 26.3 Å². The summed E-state index contributed by atoms with van der Waals surface area (Å²) < 4.78 is 5.41. The van der Waals surface area contributed by atoms with Crippen LogP contribution in [0.4, 0.5) is 0 Å². The summed E-state index contributed by atoms with van der Waals surface area (Å²) in [6.07, 6.45) is 1.93. The maximum atomic E-state index is 12.0. The van der Waals surface area contributed by atoms with E-state index in [4.69, 9.17) is 27.9 Å². The van der Waals surface area contributed by atoms with Gasteiger partial charge in [-0.25, -0.2) is 0 Å². The van der Waals surface area contributed by atoms with Gasteiger partial charge in [0.05, 0.1) is 22.2 Å². The Morgan fingerprint density at radius 3 is 2.56 bits per heavy atom. The van der Waals surface area contributed by atoms with Gasteiger partial charge in [-0.1, -0.05) is 23.2 Å². The third-order valence-corrected chi connectivity index (χ3v) is 3.26. The van der Waals surface area contributed by atoms with Crippen molar-refractivity contribution in [1.29, 1.82) is 0 Å². The normalized spacial score (nSPS) is 14.9. The van der Waals surface area contributed by atoms with E-state index in [2.05, 4.69) is 0 Å². The van der Waals surface area contributed by atoms with Crippen LogP contribution in [0.25, 0.3) is 0 Å². The molecule has 16 heavy (non-hydrogen) atoms. The Morgan fingerprint density at radius 2 is 2.00 bits per heavy atom. The van der Waals surface area contributed by atoms with Crippen molar-refractivity contribution in [2.45, 2.75) is 19.8 Å². The second kappa shape index (κ2) is 4.64. The van der Waals surface area contributed by atoms with E-state index in [1.165, 1.54) is 0 Å². The lowest BCUT2D eigenvalue weighted by atomic mass is 10.1. The molecule has 1 aliphatic rings. The summed E-state index contributed by atoms with van der Waals surface area (Å²) >= 11 is 11.8. The molecule has 0 atom stereocenters. The van der Waals surface area contributed by atoms with Crippen molar-refractivity contribution in [3.63, 3.8) is 0 Å². The van der Waals surface area contributed by atoms with Crippen LogP contribution in [-0.2, 0) is 0 Å². The molecule has 1 saturated carbocycles. The van der Waals surface area contributed by atoms with Crippen LogP contribution in [0.1, 0.15) is 30.1 Å². The molecule has 1 fully saturated rings. The zero-order chi connectivity index (χ0) is 11.7. The van der Waals surface area contributed by atoms with Crippen LogP contribution in [0.15, 0.2) is 12.1 Å². The van der Waals surface area contributed by atoms with Gasteiger partial charge in [-0.15, -0.1) is 0 Å². The standard InChI is InChI=1S/C12H12Cl2O2/c1-2-16-11-6-10(14)9(13)5-8(11)12(15)7-3-4-7/h5-7H,2-4H2,1H3. The van der Waals surface area contributed by atoms with Crippen molar-refractivity contribution < 1.29 is 9.53 Å². The van der Waals surface area contributed by atoms with Crippen molar-refractivity contribution >= 4 is 29.0 Å². The highest BCUT2D eigenvalue weighted by molar-refractivity contribution is 6.42. The Labute approximate surface area is 104 Å². The highest BCUT2D eigenvalue weighted by atomic mass is 35.5. The predicted octanol–water partition coefficient (Wildman–Crippen LogP) is 3.98. The second-order valence-corrected chi connectivity index (χ2v) is 4.65. The van der Waals surface area contributed by atoms with Gasteiger partial charge >= 0.3 is 0 Å². The van der Waals surface area contributed by atoms with Crippen molar-refractivity contribution in [3.05, 3.63) is 27.7 Å². The highest BCUT2D eigenvalue weighted by Crippen LogP contribution is 2.38. The third-order valence-electron chi connectivity index (χ3n) is 2.54. The number of rotatable bonds is 4. The van der Waals surface area contributed by atoms with Crippen LogP contribution >= 0.6 is 23.2 Å². The minimum atomic E-state index is 0.113. The van der Waals surface area contributed by atoms with Gasteiger partial charge in [-0.05, 0) is 25.8 Å². The van der Waals surface area contributed by atoms with Gasteiger partial charge in [0.15, 0.2) is 5.78 Å². The monoisotopic (exact) mass is 258 g/mol. The molecule has 0 saturated heterocycles. The first-order valence-corrected chi connectivity index (χ1v) is 6.05. The molecule has 0 amide bonds. The molecular weight excluding hydrogens is 247 g/mol. The van der Waals surface area contributed by atoms with E-state index in [9.17, 15) is 4.79 Å². The fourth-order valence-electron chi connectivity index (χ4n) is 1.56. The van der Waals surface area contributed by atoms with Crippen molar-refractivity contribution in [3.8, 4) is 5.75 Å². The molecule has 0 spiro atoms. The van der Waals surface area contributed by atoms with Crippen LogP contribution < -0.4 is 4.74 Å². The molecule has 86 valence electrons. The van der Waals surface area contributed by atoms with Gasteiger partial charge in [0, 0.05) is 12.0 Å². The molecule has 1 aromatic carbocycles. The summed E-state index contributed by atoms with van der Waals surface area (Å²) in [4.78, 5) is 12.0. The minimum Gasteiger partial charge on any atom is -0.493 e. The molecular formula is C12H12Cl2O2. The lowest BCUT2D eigenvalue weighted by molar-refractivity contribution is 0.0964. The second-order valence-electron chi connectivity index (χ2n) is 3.83. The number of Topliss-reactive ketones (excluding diaryl/α,β-unsaturated/α-hetero) is 1. The lowest BCUT2D eigenvalue weighted by Gasteiger charge is -2.10. The maximum Gasteiger partial charge on any atom is 0.169 e. The van der Waals surface area contributed by atoms with Crippen LogP contribution in [0.5, 0.6) is 5.75 Å². The number of ketones is 1. The van der Waals surface area contributed by atoms with Gasteiger partial charge < -0.3 is 4.74 Å². The summed E-state index contributed by atoms with van der Waals surface area (Å²) in [5.74, 6) is 0.798. The molecule has 0 heterocycles. The number of halogens is 2. The van der Waals surface area contributed by atoms with Gasteiger partial charge in [0.2, 0.25) is 0 Å². The fraction of sp³-hybridized carbons (Fsp3) is 0.417. The average Bonchev–Trinajstić information content (AvgIpc) is 3.06. The Balaban J connectivity index is 2.39. The van der Waals surface area contributed by atoms with E-state index in [1.54, 1.807) is 12.1 Å². The largest absolute Gasteiger partial charge is 0.493 e. The number of ether oxygens (including phenoxy) is 1. The fourth-order valence-corrected chi connectivity index (χ4v) is 1.88. The zero-order valence-electron chi connectivity index (χ0n) is 8.93. The number of hydrogen-bond donors (Lipinski definition) is 0. The minimum absolute atomic E-state index is 0.113. The molecule has 0 N–H and O–H groups in total. The summed E-state index contributed by atoms with van der Waals surface area (Å²) in [5, 5.41) is 0.812. The summed E-state index contributed by atoms with van der Waals surface area (Å²) in [5.41, 5.74) is 0.554. The Kier molecular flexibility index (Phi) is 3.41. The van der Waals surface area contributed by atoms with Gasteiger partial charge in [0.25, 0.3) is 0 Å².